The molecule has 33 heavy (non-hydrogen) atoms. The van der Waals surface area contributed by atoms with E-state index in [1.165, 1.54) is 32.8 Å². The maximum Gasteiger partial charge on any atom is 0.325 e. The maximum atomic E-state index is 12.8. The summed E-state index contributed by atoms with van der Waals surface area (Å²) in [5.41, 5.74) is 0.732. The van der Waals surface area contributed by atoms with Gasteiger partial charge in [0.25, 0.3) is 5.91 Å². The number of nitrogens with zero attached hydrogens (tertiary/aromatic N) is 2. The van der Waals surface area contributed by atoms with Gasteiger partial charge in [-0.05, 0) is 62.4 Å². The lowest BCUT2D eigenvalue weighted by molar-refractivity contribution is -0.131. The number of hydrogen-bond acceptors (Lipinski definition) is 6. The van der Waals surface area contributed by atoms with Gasteiger partial charge in [0, 0.05) is 12.6 Å². The summed E-state index contributed by atoms with van der Waals surface area (Å²) in [6.45, 7) is 3.05. The van der Waals surface area contributed by atoms with Crippen LogP contribution in [0.25, 0.3) is 0 Å². The zero-order chi connectivity index (χ0) is 23.4. The molecule has 1 unspecified atom stereocenters. The quantitative estimate of drug-likeness (QED) is 0.577. The fraction of sp³-hybridized carbons (Fsp3) is 0.625. The summed E-state index contributed by atoms with van der Waals surface area (Å²) in [7, 11) is 3.08. The Morgan fingerprint density at radius 1 is 1.09 bits per heavy atom. The monoisotopic (exact) mass is 458 g/mol. The molecule has 3 fully saturated rings. The molecule has 0 aliphatic carbocycles. The molecule has 180 valence electrons. The van der Waals surface area contributed by atoms with Crippen molar-refractivity contribution in [1.29, 1.82) is 0 Å². The minimum atomic E-state index is -0.838. The van der Waals surface area contributed by atoms with Crippen LogP contribution in [0.1, 0.15) is 44.1 Å². The molecule has 3 saturated heterocycles. The number of benzene rings is 1. The topological polar surface area (TPSA) is 100 Å². The third-order valence-corrected chi connectivity index (χ3v) is 7.08. The van der Waals surface area contributed by atoms with E-state index in [0.29, 0.717) is 30.0 Å². The Bertz CT molecular complexity index is 890. The van der Waals surface area contributed by atoms with Crippen molar-refractivity contribution in [2.75, 3.05) is 33.9 Å². The van der Waals surface area contributed by atoms with Crippen LogP contribution in [0, 0.1) is 5.92 Å². The van der Waals surface area contributed by atoms with E-state index in [1.54, 1.807) is 25.3 Å². The van der Waals surface area contributed by atoms with Crippen molar-refractivity contribution >= 4 is 17.8 Å². The van der Waals surface area contributed by atoms with Gasteiger partial charge in [-0.2, -0.15) is 0 Å². The number of imide groups is 1. The van der Waals surface area contributed by atoms with Crippen LogP contribution < -0.4 is 20.1 Å². The lowest BCUT2D eigenvalue weighted by Gasteiger charge is -2.44. The van der Waals surface area contributed by atoms with E-state index in [-0.39, 0.29) is 24.8 Å². The van der Waals surface area contributed by atoms with Crippen molar-refractivity contribution in [2.45, 2.75) is 57.2 Å². The number of amides is 4. The number of fused-ring (bicyclic) bond motifs is 1. The maximum absolute atomic E-state index is 12.8. The van der Waals surface area contributed by atoms with Crippen molar-refractivity contribution < 1.29 is 23.9 Å². The van der Waals surface area contributed by atoms with Crippen LogP contribution in [0.2, 0.25) is 0 Å². The van der Waals surface area contributed by atoms with Crippen molar-refractivity contribution in [2.24, 2.45) is 5.92 Å². The summed E-state index contributed by atoms with van der Waals surface area (Å²) in [5, 5.41) is 5.67. The highest BCUT2D eigenvalue weighted by Crippen LogP contribution is 2.31. The van der Waals surface area contributed by atoms with Crippen molar-refractivity contribution in [3.63, 3.8) is 0 Å². The predicted molar refractivity (Wildman–Crippen MR) is 122 cm³/mol. The Morgan fingerprint density at radius 2 is 1.88 bits per heavy atom. The van der Waals surface area contributed by atoms with Gasteiger partial charge in [0.1, 0.15) is 6.04 Å². The normalized spacial score (nSPS) is 25.4. The third kappa shape index (κ3) is 5.24. The largest absolute Gasteiger partial charge is 0.493 e. The number of urea groups is 1. The second kappa shape index (κ2) is 10.4. The Labute approximate surface area is 194 Å². The lowest BCUT2D eigenvalue weighted by Crippen LogP contribution is -2.51. The molecule has 3 aliphatic rings. The first-order chi connectivity index (χ1) is 16.0. The van der Waals surface area contributed by atoms with E-state index >= 15 is 0 Å². The van der Waals surface area contributed by atoms with E-state index in [9.17, 15) is 14.4 Å². The molecule has 4 amide bonds. The molecule has 3 atom stereocenters. The van der Waals surface area contributed by atoms with Gasteiger partial charge in [0.15, 0.2) is 11.5 Å². The molecule has 9 heteroatoms. The van der Waals surface area contributed by atoms with Gasteiger partial charge < -0.3 is 25.0 Å². The Hall–Kier alpha value is -2.81. The van der Waals surface area contributed by atoms with Crippen molar-refractivity contribution in [3.05, 3.63) is 23.8 Å². The van der Waals surface area contributed by atoms with Gasteiger partial charge in [-0.15, -0.1) is 0 Å². The van der Waals surface area contributed by atoms with E-state index < -0.39 is 12.1 Å². The average Bonchev–Trinajstić information content (AvgIpc) is 3.09. The molecule has 1 aromatic carbocycles. The van der Waals surface area contributed by atoms with Gasteiger partial charge in [-0.3, -0.25) is 14.5 Å². The van der Waals surface area contributed by atoms with Crippen LogP contribution in [-0.2, 0) is 16.1 Å². The number of methoxy groups -OCH3 is 2. The zero-order valence-electron chi connectivity index (χ0n) is 19.5. The molecule has 0 bridgehead atoms. The SMILES string of the molecule is COc1ccc(CN2C(=O)NC(CC(=O)NC[C@@H]3CCCN4CCCC[C@H]34)C2=O)cc1OC. The minimum Gasteiger partial charge on any atom is -0.493 e. The molecule has 1 aromatic rings. The van der Waals surface area contributed by atoms with Crippen LogP contribution in [0.5, 0.6) is 11.5 Å². The summed E-state index contributed by atoms with van der Waals surface area (Å²) in [4.78, 5) is 41.6. The number of nitrogens with one attached hydrogen (secondary N) is 2. The lowest BCUT2D eigenvalue weighted by atomic mass is 9.83. The standard InChI is InChI=1S/C24H34N4O5/c1-32-20-9-8-16(12-21(20)33-2)15-28-23(30)18(26-24(28)31)13-22(29)25-14-17-6-5-11-27-10-4-3-7-19(17)27/h8-9,12,17-19H,3-7,10-11,13-15H2,1-2H3,(H,25,29)(H,26,31)/t17-,18?,19+/m0/s1. The van der Waals surface area contributed by atoms with E-state index in [2.05, 4.69) is 15.5 Å². The number of carbonyl (C=O) groups excluding carboxylic acids is 3. The van der Waals surface area contributed by atoms with E-state index in [4.69, 9.17) is 9.47 Å². The molecule has 0 saturated carbocycles. The zero-order valence-corrected chi connectivity index (χ0v) is 19.5. The molecule has 9 nitrogen and oxygen atoms in total. The first-order valence-corrected chi connectivity index (χ1v) is 11.8. The second-order valence-corrected chi connectivity index (χ2v) is 9.13. The molecular weight excluding hydrogens is 424 g/mol. The Balaban J connectivity index is 1.30. The molecule has 3 heterocycles. The highest BCUT2D eigenvalue weighted by molar-refractivity contribution is 6.05. The summed E-state index contributed by atoms with van der Waals surface area (Å²) in [6, 6.07) is 4.47. The fourth-order valence-electron chi connectivity index (χ4n) is 5.34. The van der Waals surface area contributed by atoms with Crippen LogP contribution in [0.4, 0.5) is 4.79 Å². The molecule has 2 N–H and O–H groups in total. The molecule has 3 aliphatic heterocycles. The first-order valence-electron chi connectivity index (χ1n) is 11.8. The highest BCUT2D eigenvalue weighted by atomic mass is 16.5. The number of carbonyl (C=O) groups is 3. The fourth-order valence-corrected chi connectivity index (χ4v) is 5.34. The first kappa shape index (κ1) is 23.4. The summed E-state index contributed by atoms with van der Waals surface area (Å²) >= 11 is 0. The van der Waals surface area contributed by atoms with Gasteiger partial charge in [0.05, 0.1) is 27.2 Å². The van der Waals surface area contributed by atoms with Crippen LogP contribution >= 0.6 is 0 Å². The van der Waals surface area contributed by atoms with Crippen LogP contribution in [-0.4, -0.2) is 73.6 Å². The summed E-state index contributed by atoms with van der Waals surface area (Å²) in [6.07, 6.45) is 5.96. The molecule has 0 aromatic heterocycles. The minimum absolute atomic E-state index is 0.0475. The number of hydrogen-bond donors (Lipinski definition) is 2. The van der Waals surface area contributed by atoms with Gasteiger partial charge in [-0.25, -0.2) is 4.79 Å². The third-order valence-electron chi connectivity index (χ3n) is 7.08. The van der Waals surface area contributed by atoms with Gasteiger partial charge >= 0.3 is 6.03 Å². The van der Waals surface area contributed by atoms with Crippen molar-refractivity contribution in [1.82, 2.24) is 20.4 Å². The second-order valence-electron chi connectivity index (χ2n) is 9.13. The Kier molecular flexibility index (Phi) is 7.37. The average molecular weight is 459 g/mol. The number of ether oxygens (including phenoxy) is 2. The van der Waals surface area contributed by atoms with Crippen LogP contribution in [0.3, 0.4) is 0 Å². The van der Waals surface area contributed by atoms with Crippen molar-refractivity contribution in [3.8, 4) is 11.5 Å². The summed E-state index contributed by atoms with van der Waals surface area (Å²) < 4.78 is 10.5. The molecule has 0 radical (unpaired) electrons. The molecule has 4 rings (SSSR count). The van der Waals surface area contributed by atoms with E-state index in [0.717, 1.165) is 30.0 Å². The van der Waals surface area contributed by atoms with E-state index in [1.807, 2.05) is 0 Å². The molecule has 0 spiro atoms. The Morgan fingerprint density at radius 3 is 2.67 bits per heavy atom. The predicted octanol–water partition coefficient (Wildman–Crippen LogP) is 1.90. The number of rotatable bonds is 8. The molecular formula is C24H34N4O5. The van der Waals surface area contributed by atoms with Gasteiger partial charge in [0.2, 0.25) is 5.91 Å². The summed E-state index contributed by atoms with van der Waals surface area (Å²) in [5.74, 6) is 0.966. The van der Waals surface area contributed by atoms with Gasteiger partial charge in [-0.1, -0.05) is 12.5 Å². The number of piperidine rings is 2. The highest BCUT2D eigenvalue weighted by Gasteiger charge is 2.39. The smallest absolute Gasteiger partial charge is 0.325 e. The van der Waals surface area contributed by atoms with Crippen LogP contribution in [0.15, 0.2) is 18.2 Å².